The molecule has 0 saturated carbocycles. The number of amides is 1. The summed E-state index contributed by atoms with van der Waals surface area (Å²) in [4.78, 5) is 25.4. The summed E-state index contributed by atoms with van der Waals surface area (Å²) in [6.45, 7) is 4.82. The molecule has 158 valence electrons. The second-order valence-corrected chi connectivity index (χ2v) is 8.75. The standard InChI is InChI=1S/C23H26F2N4O/c1-14-17-4-2-3-5-18(17)19-12-29(13-21(19)27-14)22(30)8-15-10-28(11-15)16-6-7-26-20(9-16)23(24)25/h6-7,9,15,23H,2-5,8,10-13H2,1H3. The second-order valence-electron chi connectivity index (χ2n) is 8.75. The highest BCUT2D eigenvalue weighted by Gasteiger charge is 2.34. The fourth-order valence-corrected chi connectivity index (χ4v) is 5.11. The van der Waals surface area contributed by atoms with Gasteiger partial charge < -0.3 is 9.80 Å². The van der Waals surface area contributed by atoms with Crippen molar-refractivity contribution in [2.75, 3.05) is 18.0 Å². The highest BCUT2D eigenvalue weighted by molar-refractivity contribution is 5.78. The first-order chi connectivity index (χ1) is 14.5. The summed E-state index contributed by atoms with van der Waals surface area (Å²) in [6.07, 6.45) is 4.01. The zero-order valence-corrected chi connectivity index (χ0v) is 17.2. The number of aryl methyl sites for hydroxylation is 1. The lowest BCUT2D eigenvalue weighted by atomic mass is 9.87. The minimum absolute atomic E-state index is 0.169. The van der Waals surface area contributed by atoms with E-state index >= 15 is 0 Å². The lowest BCUT2D eigenvalue weighted by molar-refractivity contribution is -0.133. The Morgan fingerprint density at radius 2 is 1.93 bits per heavy atom. The molecule has 5 nitrogen and oxygen atoms in total. The number of alkyl halides is 2. The minimum Gasteiger partial charge on any atom is -0.371 e. The van der Waals surface area contributed by atoms with Crippen LogP contribution in [-0.2, 0) is 30.7 Å². The number of carbonyl (C=O) groups excluding carboxylic acids is 1. The Balaban J connectivity index is 1.20. The highest BCUT2D eigenvalue weighted by Crippen LogP contribution is 2.34. The van der Waals surface area contributed by atoms with Gasteiger partial charge in [0.1, 0.15) is 5.69 Å². The molecule has 0 atom stereocenters. The Morgan fingerprint density at radius 3 is 2.70 bits per heavy atom. The molecule has 0 radical (unpaired) electrons. The predicted octanol–water partition coefficient (Wildman–Crippen LogP) is 3.97. The van der Waals surface area contributed by atoms with Crippen LogP contribution < -0.4 is 4.90 Å². The van der Waals surface area contributed by atoms with Crippen LogP contribution in [0.3, 0.4) is 0 Å². The van der Waals surface area contributed by atoms with Gasteiger partial charge in [0.05, 0.1) is 12.2 Å². The van der Waals surface area contributed by atoms with Crippen molar-refractivity contribution in [3.05, 3.63) is 52.1 Å². The van der Waals surface area contributed by atoms with Crippen LogP contribution in [0.25, 0.3) is 0 Å². The van der Waals surface area contributed by atoms with E-state index in [0.29, 0.717) is 32.6 Å². The number of carbonyl (C=O) groups is 1. The van der Waals surface area contributed by atoms with E-state index in [1.165, 1.54) is 41.8 Å². The molecule has 2 aromatic rings. The summed E-state index contributed by atoms with van der Waals surface area (Å²) in [5.41, 5.74) is 6.90. The van der Waals surface area contributed by atoms with Gasteiger partial charge in [0.2, 0.25) is 5.91 Å². The van der Waals surface area contributed by atoms with Gasteiger partial charge in [0.15, 0.2) is 0 Å². The van der Waals surface area contributed by atoms with E-state index in [0.717, 1.165) is 29.9 Å². The SMILES string of the molecule is Cc1nc2c(c3c1CCCC3)CN(C(=O)CC1CN(c3ccnc(C(F)F)c3)C1)C2. The summed E-state index contributed by atoms with van der Waals surface area (Å²) < 4.78 is 25.7. The summed E-state index contributed by atoms with van der Waals surface area (Å²) in [6, 6.07) is 3.19. The average molecular weight is 412 g/mol. The van der Waals surface area contributed by atoms with Gasteiger partial charge in [0, 0.05) is 49.6 Å². The molecule has 1 saturated heterocycles. The molecule has 2 aromatic heterocycles. The number of hydrogen-bond acceptors (Lipinski definition) is 4. The van der Waals surface area contributed by atoms with Crippen LogP contribution in [0, 0.1) is 12.8 Å². The third-order valence-electron chi connectivity index (χ3n) is 6.74. The van der Waals surface area contributed by atoms with E-state index in [1.54, 1.807) is 6.07 Å². The molecule has 0 N–H and O–H groups in total. The zero-order valence-electron chi connectivity index (χ0n) is 17.2. The first-order valence-corrected chi connectivity index (χ1v) is 10.8. The Kier molecular flexibility index (Phi) is 4.91. The molecule has 0 unspecified atom stereocenters. The number of anilines is 1. The molecule has 1 amide bonds. The van der Waals surface area contributed by atoms with Crippen molar-refractivity contribution in [1.29, 1.82) is 0 Å². The molecule has 1 fully saturated rings. The quantitative estimate of drug-likeness (QED) is 0.763. The van der Waals surface area contributed by atoms with Gasteiger partial charge in [-0.05, 0) is 61.4 Å². The third-order valence-corrected chi connectivity index (χ3v) is 6.74. The zero-order chi connectivity index (χ0) is 20.8. The van der Waals surface area contributed by atoms with Gasteiger partial charge in [0.25, 0.3) is 6.43 Å². The monoisotopic (exact) mass is 412 g/mol. The molecular weight excluding hydrogens is 386 g/mol. The number of halogens is 2. The maximum Gasteiger partial charge on any atom is 0.280 e. The van der Waals surface area contributed by atoms with E-state index < -0.39 is 6.43 Å². The summed E-state index contributed by atoms with van der Waals surface area (Å²) in [7, 11) is 0. The van der Waals surface area contributed by atoms with Crippen LogP contribution in [0.5, 0.6) is 0 Å². The van der Waals surface area contributed by atoms with Crippen LogP contribution in [0.1, 0.15) is 59.5 Å². The van der Waals surface area contributed by atoms with Crippen molar-refractivity contribution < 1.29 is 13.6 Å². The third kappa shape index (κ3) is 3.44. The number of hydrogen-bond donors (Lipinski definition) is 0. The summed E-state index contributed by atoms with van der Waals surface area (Å²) in [5, 5.41) is 0. The Hall–Kier alpha value is -2.57. The normalized spacial score (nSPS) is 18.4. The molecule has 7 heteroatoms. The first kappa shape index (κ1) is 19.4. The van der Waals surface area contributed by atoms with Crippen LogP contribution in [0.15, 0.2) is 18.3 Å². The number of fused-ring (bicyclic) bond motifs is 3. The number of nitrogens with zero attached hydrogens (tertiary/aromatic N) is 4. The van der Waals surface area contributed by atoms with Gasteiger partial charge in [-0.2, -0.15) is 0 Å². The summed E-state index contributed by atoms with van der Waals surface area (Å²) in [5.74, 6) is 0.427. The Morgan fingerprint density at radius 1 is 1.17 bits per heavy atom. The largest absolute Gasteiger partial charge is 0.371 e. The molecule has 5 rings (SSSR count). The van der Waals surface area contributed by atoms with Crippen molar-refractivity contribution in [2.24, 2.45) is 5.92 Å². The molecular formula is C23H26F2N4O. The molecule has 2 aliphatic heterocycles. The van der Waals surface area contributed by atoms with Crippen molar-refractivity contribution in [1.82, 2.24) is 14.9 Å². The van der Waals surface area contributed by atoms with Gasteiger partial charge in [-0.1, -0.05) is 0 Å². The lowest BCUT2D eigenvalue weighted by Gasteiger charge is -2.41. The van der Waals surface area contributed by atoms with E-state index in [2.05, 4.69) is 11.9 Å². The van der Waals surface area contributed by atoms with Gasteiger partial charge in [-0.15, -0.1) is 0 Å². The van der Waals surface area contributed by atoms with Gasteiger partial charge in [-0.3, -0.25) is 14.8 Å². The van der Waals surface area contributed by atoms with Crippen molar-refractivity contribution >= 4 is 11.6 Å². The van der Waals surface area contributed by atoms with E-state index in [-0.39, 0.29) is 17.5 Å². The van der Waals surface area contributed by atoms with E-state index in [4.69, 9.17) is 4.98 Å². The minimum atomic E-state index is -2.57. The first-order valence-electron chi connectivity index (χ1n) is 10.8. The lowest BCUT2D eigenvalue weighted by Crippen LogP contribution is -2.48. The molecule has 1 aliphatic carbocycles. The number of aromatic nitrogens is 2. The average Bonchev–Trinajstić information content (AvgIpc) is 3.15. The van der Waals surface area contributed by atoms with Crippen LogP contribution >= 0.6 is 0 Å². The number of rotatable bonds is 4. The Labute approximate surface area is 175 Å². The maximum absolute atomic E-state index is 12.9. The molecule has 0 bridgehead atoms. The van der Waals surface area contributed by atoms with Crippen molar-refractivity contribution in [3.8, 4) is 0 Å². The smallest absolute Gasteiger partial charge is 0.280 e. The van der Waals surface area contributed by atoms with E-state index in [9.17, 15) is 13.6 Å². The van der Waals surface area contributed by atoms with E-state index in [1.807, 2.05) is 9.80 Å². The summed E-state index contributed by atoms with van der Waals surface area (Å²) >= 11 is 0. The van der Waals surface area contributed by atoms with Crippen LogP contribution in [0.4, 0.5) is 14.5 Å². The van der Waals surface area contributed by atoms with Crippen molar-refractivity contribution in [3.63, 3.8) is 0 Å². The topological polar surface area (TPSA) is 49.3 Å². The van der Waals surface area contributed by atoms with Gasteiger partial charge in [-0.25, -0.2) is 8.78 Å². The predicted molar refractivity (Wildman–Crippen MR) is 109 cm³/mol. The number of pyridine rings is 2. The molecule has 0 aromatic carbocycles. The van der Waals surface area contributed by atoms with Crippen molar-refractivity contribution in [2.45, 2.75) is 58.5 Å². The maximum atomic E-state index is 12.9. The Bertz CT molecular complexity index is 987. The van der Waals surface area contributed by atoms with Gasteiger partial charge >= 0.3 is 0 Å². The molecule has 0 spiro atoms. The molecule has 30 heavy (non-hydrogen) atoms. The molecule has 3 aliphatic rings. The fraction of sp³-hybridized carbons (Fsp3) is 0.522. The van der Waals surface area contributed by atoms with Crippen LogP contribution in [0.2, 0.25) is 0 Å². The second kappa shape index (κ2) is 7.60. The van der Waals surface area contributed by atoms with Crippen LogP contribution in [-0.4, -0.2) is 33.9 Å². The molecule has 4 heterocycles. The highest BCUT2D eigenvalue weighted by atomic mass is 19.3. The fourth-order valence-electron chi connectivity index (χ4n) is 5.11.